The molecule has 0 bridgehead atoms. The van der Waals surface area contributed by atoms with Gasteiger partial charge in [0, 0.05) is 6.61 Å². The van der Waals surface area contributed by atoms with E-state index in [4.69, 9.17) is 5.11 Å². The lowest BCUT2D eigenvalue weighted by molar-refractivity contribution is -0.190. The summed E-state index contributed by atoms with van der Waals surface area (Å²) in [6.07, 6.45) is -0.465. The summed E-state index contributed by atoms with van der Waals surface area (Å²) in [5.74, 6) is -1.38. The molecular weight excluding hydrogens is 193 g/mol. The van der Waals surface area contributed by atoms with Crippen LogP contribution in [0, 0.1) is 11.8 Å². The van der Waals surface area contributed by atoms with Crippen LogP contribution in [0.25, 0.3) is 0 Å². The Morgan fingerprint density at radius 1 is 1.21 bits per heavy atom. The Kier molecular flexibility index (Phi) is 4.23. The lowest BCUT2D eigenvalue weighted by Crippen LogP contribution is -2.29. The Morgan fingerprint density at radius 3 is 2.21 bits per heavy atom. The predicted octanol–water partition coefficient (Wildman–Crippen LogP) is 3.13. The molecule has 1 unspecified atom stereocenters. The number of hydrogen-bond acceptors (Lipinski definition) is 1. The smallest absolute Gasteiger partial charge is 0.392 e. The van der Waals surface area contributed by atoms with E-state index in [1.807, 2.05) is 0 Å². The second kappa shape index (κ2) is 5.01. The molecule has 0 aromatic carbocycles. The summed E-state index contributed by atoms with van der Waals surface area (Å²) >= 11 is 0. The van der Waals surface area contributed by atoms with Crippen molar-refractivity contribution in [3.63, 3.8) is 0 Å². The van der Waals surface area contributed by atoms with Crippen molar-refractivity contribution in [3.05, 3.63) is 0 Å². The lowest BCUT2D eigenvalue weighted by atomic mass is 9.86. The minimum absolute atomic E-state index is 0.0880. The first-order valence-electron chi connectivity index (χ1n) is 5.23. The number of halogens is 3. The van der Waals surface area contributed by atoms with Crippen LogP contribution in [0.2, 0.25) is 0 Å². The van der Waals surface area contributed by atoms with Crippen LogP contribution in [0.3, 0.4) is 0 Å². The Bertz CT molecular complexity index is 161. The van der Waals surface area contributed by atoms with Crippen molar-refractivity contribution in [2.45, 2.75) is 44.7 Å². The van der Waals surface area contributed by atoms with Gasteiger partial charge in [-0.25, -0.2) is 0 Å². The highest BCUT2D eigenvalue weighted by Crippen LogP contribution is 2.42. The average Bonchev–Trinajstić information content (AvgIpc) is 2.55. The molecule has 1 N–H and O–H groups in total. The highest BCUT2D eigenvalue weighted by atomic mass is 19.4. The van der Waals surface area contributed by atoms with Crippen LogP contribution >= 0.6 is 0 Å². The maximum Gasteiger partial charge on any atom is 0.392 e. The van der Waals surface area contributed by atoms with Gasteiger partial charge in [-0.2, -0.15) is 13.2 Å². The van der Waals surface area contributed by atoms with Crippen LogP contribution in [-0.2, 0) is 0 Å². The lowest BCUT2D eigenvalue weighted by Gasteiger charge is -2.25. The van der Waals surface area contributed by atoms with Crippen LogP contribution in [0.15, 0.2) is 0 Å². The van der Waals surface area contributed by atoms with Crippen LogP contribution in [0.4, 0.5) is 13.2 Å². The van der Waals surface area contributed by atoms with Crippen molar-refractivity contribution in [3.8, 4) is 0 Å². The van der Waals surface area contributed by atoms with Gasteiger partial charge in [-0.05, 0) is 31.6 Å². The summed E-state index contributed by atoms with van der Waals surface area (Å²) in [4.78, 5) is 0. The largest absolute Gasteiger partial charge is 0.396 e. The Morgan fingerprint density at radius 2 is 1.79 bits per heavy atom. The molecule has 4 heteroatoms. The van der Waals surface area contributed by atoms with E-state index in [2.05, 4.69) is 0 Å². The van der Waals surface area contributed by atoms with Gasteiger partial charge >= 0.3 is 6.18 Å². The maximum absolute atomic E-state index is 12.6. The molecule has 1 nitrogen and oxygen atoms in total. The zero-order chi connectivity index (χ0) is 10.6. The van der Waals surface area contributed by atoms with Crippen molar-refractivity contribution in [1.82, 2.24) is 0 Å². The predicted molar refractivity (Wildman–Crippen MR) is 47.8 cm³/mol. The van der Waals surface area contributed by atoms with Gasteiger partial charge in [-0.3, -0.25) is 0 Å². The molecule has 1 atom stereocenters. The van der Waals surface area contributed by atoms with Gasteiger partial charge in [-0.15, -0.1) is 0 Å². The molecular formula is C10H17F3O. The van der Waals surface area contributed by atoms with Crippen molar-refractivity contribution < 1.29 is 18.3 Å². The van der Waals surface area contributed by atoms with Gasteiger partial charge < -0.3 is 5.11 Å². The summed E-state index contributed by atoms with van der Waals surface area (Å²) in [6, 6.07) is 0. The molecule has 0 aliphatic heterocycles. The van der Waals surface area contributed by atoms with Gasteiger partial charge in [0.2, 0.25) is 0 Å². The molecule has 84 valence electrons. The van der Waals surface area contributed by atoms with Crippen LogP contribution < -0.4 is 0 Å². The third-order valence-corrected chi connectivity index (χ3v) is 3.06. The molecule has 0 heterocycles. The highest BCUT2D eigenvalue weighted by molar-refractivity contribution is 4.80. The molecule has 1 aliphatic carbocycles. The summed E-state index contributed by atoms with van der Waals surface area (Å²) in [5, 5.41) is 8.56. The maximum atomic E-state index is 12.6. The van der Waals surface area contributed by atoms with E-state index < -0.39 is 12.1 Å². The summed E-state index contributed by atoms with van der Waals surface area (Å²) in [6.45, 7) is -0.140. The fourth-order valence-corrected chi connectivity index (χ4v) is 2.34. The van der Waals surface area contributed by atoms with Crippen molar-refractivity contribution in [1.29, 1.82) is 0 Å². The second-order valence-corrected chi connectivity index (χ2v) is 4.06. The van der Waals surface area contributed by atoms with E-state index in [-0.39, 0.29) is 25.4 Å². The van der Waals surface area contributed by atoms with Gasteiger partial charge in [0.15, 0.2) is 0 Å². The molecule has 1 fully saturated rings. The van der Waals surface area contributed by atoms with E-state index in [1.165, 1.54) is 0 Å². The molecule has 14 heavy (non-hydrogen) atoms. The molecule has 0 aromatic rings. The third-order valence-electron chi connectivity index (χ3n) is 3.06. The van der Waals surface area contributed by atoms with Crippen molar-refractivity contribution in [2.75, 3.05) is 6.61 Å². The topological polar surface area (TPSA) is 20.2 Å². The van der Waals surface area contributed by atoms with E-state index in [1.54, 1.807) is 0 Å². The molecule has 0 radical (unpaired) electrons. The molecule has 1 aliphatic rings. The first-order valence-corrected chi connectivity index (χ1v) is 5.23. The fraction of sp³-hybridized carbons (Fsp3) is 1.00. The SMILES string of the molecule is OCCCC(C1CCCC1)C(F)(F)F. The van der Waals surface area contributed by atoms with E-state index in [0.717, 1.165) is 12.8 Å². The van der Waals surface area contributed by atoms with Gasteiger partial charge in [0.25, 0.3) is 0 Å². The van der Waals surface area contributed by atoms with Gasteiger partial charge in [0.1, 0.15) is 0 Å². The van der Waals surface area contributed by atoms with E-state index in [9.17, 15) is 13.2 Å². The monoisotopic (exact) mass is 210 g/mol. The summed E-state index contributed by atoms with van der Waals surface area (Å²) in [5.41, 5.74) is 0. The minimum atomic E-state index is -4.08. The van der Waals surface area contributed by atoms with Gasteiger partial charge in [-0.1, -0.05) is 12.8 Å². The van der Waals surface area contributed by atoms with Crippen LogP contribution in [-0.4, -0.2) is 17.9 Å². The number of hydrogen-bond donors (Lipinski definition) is 1. The van der Waals surface area contributed by atoms with Crippen LogP contribution in [0.1, 0.15) is 38.5 Å². The molecule has 0 amide bonds. The normalized spacial score (nSPS) is 21.4. The first kappa shape index (κ1) is 11.8. The molecule has 1 rings (SSSR count). The molecule has 0 aromatic heterocycles. The Hall–Kier alpha value is -0.250. The van der Waals surface area contributed by atoms with Crippen LogP contribution in [0.5, 0.6) is 0 Å². The third kappa shape index (κ3) is 3.15. The zero-order valence-corrected chi connectivity index (χ0v) is 8.19. The standard InChI is InChI=1S/C10H17F3O/c11-10(12,13)9(6-3-7-14)8-4-1-2-5-8/h8-9,14H,1-7H2. The number of aliphatic hydroxyl groups excluding tert-OH is 1. The number of rotatable bonds is 4. The first-order chi connectivity index (χ1) is 6.55. The van der Waals surface area contributed by atoms with Gasteiger partial charge in [0.05, 0.1) is 5.92 Å². The molecule has 0 spiro atoms. The number of alkyl halides is 3. The number of aliphatic hydroxyl groups is 1. The molecule has 0 saturated heterocycles. The zero-order valence-electron chi connectivity index (χ0n) is 8.19. The second-order valence-electron chi connectivity index (χ2n) is 4.06. The quantitative estimate of drug-likeness (QED) is 0.755. The highest BCUT2D eigenvalue weighted by Gasteiger charge is 2.44. The Balaban J connectivity index is 2.51. The fourth-order valence-electron chi connectivity index (χ4n) is 2.34. The average molecular weight is 210 g/mol. The van der Waals surface area contributed by atoms with Crippen molar-refractivity contribution >= 4 is 0 Å². The Labute approximate surface area is 82.3 Å². The van der Waals surface area contributed by atoms with Crippen molar-refractivity contribution in [2.24, 2.45) is 11.8 Å². The summed E-state index contributed by atoms with van der Waals surface area (Å²) < 4.78 is 37.8. The molecule has 1 saturated carbocycles. The van der Waals surface area contributed by atoms with E-state index in [0.29, 0.717) is 12.8 Å². The minimum Gasteiger partial charge on any atom is -0.396 e. The summed E-state index contributed by atoms with van der Waals surface area (Å²) in [7, 11) is 0. The van der Waals surface area contributed by atoms with E-state index >= 15 is 0 Å².